The highest BCUT2D eigenvalue weighted by molar-refractivity contribution is 6.11. The average Bonchev–Trinajstić information content (AvgIpc) is 3.75. The predicted molar refractivity (Wildman–Crippen MR) is 243 cm³/mol. The average molecular weight is 741 g/mol. The maximum atomic E-state index is 6.46. The van der Waals surface area contributed by atoms with Gasteiger partial charge in [-0.15, -0.1) is 0 Å². The molecule has 3 nitrogen and oxygen atoms in total. The first-order valence-corrected chi connectivity index (χ1v) is 19.7. The van der Waals surface area contributed by atoms with Crippen LogP contribution in [0.25, 0.3) is 88.3 Å². The first kappa shape index (κ1) is 33.6. The summed E-state index contributed by atoms with van der Waals surface area (Å²) in [6, 6.07) is 77.8. The molecule has 0 atom stereocenters. The standard InChI is InChI=1S/C55H36N2O/c1-3-13-37(14-4-1)39-27-29-44(30-28-39)57(45-31-32-48(51(36-45)41-16-5-2-6-17-41)47-22-11-20-40-18-9-10-21-46(40)47)52-24-12-23-50-49(52)33-34-53-54(50)56-55(58-53)43-26-25-38-15-7-8-19-42(38)35-43/h1-36H. The van der Waals surface area contributed by atoms with E-state index in [1.165, 1.54) is 44.0 Å². The van der Waals surface area contributed by atoms with Gasteiger partial charge >= 0.3 is 0 Å². The Hall–Kier alpha value is -7.75. The van der Waals surface area contributed by atoms with E-state index in [1.54, 1.807) is 0 Å². The first-order valence-electron chi connectivity index (χ1n) is 19.7. The second-order valence-electron chi connectivity index (χ2n) is 14.7. The highest BCUT2D eigenvalue weighted by Gasteiger charge is 2.21. The topological polar surface area (TPSA) is 29.3 Å². The third kappa shape index (κ3) is 5.89. The van der Waals surface area contributed by atoms with E-state index in [9.17, 15) is 0 Å². The van der Waals surface area contributed by atoms with Crippen molar-refractivity contribution in [3.63, 3.8) is 0 Å². The minimum absolute atomic E-state index is 0.614. The molecule has 0 fully saturated rings. The van der Waals surface area contributed by atoms with Crippen LogP contribution < -0.4 is 4.90 Å². The smallest absolute Gasteiger partial charge is 0.227 e. The Kier molecular flexibility index (Phi) is 8.15. The highest BCUT2D eigenvalue weighted by Crippen LogP contribution is 2.45. The molecule has 1 aromatic heterocycles. The van der Waals surface area contributed by atoms with E-state index in [2.05, 4.69) is 223 Å². The van der Waals surface area contributed by atoms with Crippen molar-refractivity contribution in [3.8, 4) is 44.8 Å². The summed E-state index contributed by atoms with van der Waals surface area (Å²) in [5.74, 6) is 0.614. The normalized spacial score (nSPS) is 11.4. The Balaban J connectivity index is 1.11. The molecule has 11 aromatic rings. The van der Waals surface area contributed by atoms with Crippen LogP contribution in [0.4, 0.5) is 17.1 Å². The summed E-state index contributed by atoms with van der Waals surface area (Å²) in [7, 11) is 0. The van der Waals surface area contributed by atoms with Crippen LogP contribution in [0, 0.1) is 0 Å². The number of fused-ring (bicyclic) bond motifs is 5. The fourth-order valence-corrected chi connectivity index (χ4v) is 8.46. The molecule has 0 saturated heterocycles. The van der Waals surface area contributed by atoms with E-state index >= 15 is 0 Å². The van der Waals surface area contributed by atoms with Gasteiger partial charge in [0.25, 0.3) is 0 Å². The van der Waals surface area contributed by atoms with Crippen LogP contribution >= 0.6 is 0 Å². The first-order chi connectivity index (χ1) is 28.7. The summed E-state index contributed by atoms with van der Waals surface area (Å²) >= 11 is 0. The van der Waals surface area contributed by atoms with E-state index < -0.39 is 0 Å². The molecule has 0 amide bonds. The van der Waals surface area contributed by atoms with Gasteiger partial charge in [0, 0.05) is 27.7 Å². The molecule has 0 N–H and O–H groups in total. The van der Waals surface area contributed by atoms with Crippen LogP contribution in [0.2, 0.25) is 0 Å². The molecule has 0 aliphatic heterocycles. The van der Waals surface area contributed by atoms with Crippen molar-refractivity contribution in [1.82, 2.24) is 4.98 Å². The third-order valence-electron chi connectivity index (χ3n) is 11.3. The van der Waals surface area contributed by atoms with E-state index in [1.807, 2.05) is 0 Å². The molecule has 0 aliphatic rings. The number of oxazole rings is 1. The monoisotopic (exact) mass is 740 g/mol. The van der Waals surface area contributed by atoms with Gasteiger partial charge in [0.2, 0.25) is 5.89 Å². The second kappa shape index (κ2) is 14.1. The lowest BCUT2D eigenvalue weighted by Crippen LogP contribution is -2.11. The van der Waals surface area contributed by atoms with E-state index in [0.717, 1.165) is 55.4 Å². The van der Waals surface area contributed by atoms with Gasteiger partial charge in [-0.3, -0.25) is 0 Å². The summed E-state index contributed by atoms with van der Waals surface area (Å²) in [4.78, 5) is 7.53. The zero-order valence-electron chi connectivity index (χ0n) is 31.6. The third-order valence-corrected chi connectivity index (χ3v) is 11.3. The second-order valence-corrected chi connectivity index (χ2v) is 14.7. The van der Waals surface area contributed by atoms with Gasteiger partial charge in [0.1, 0.15) is 5.52 Å². The Morgan fingerprint density at radius 3 is 1.81 bits per heavy atom. The molecule has 3 heteroatoms. The Morgan fingerprint density at radius 1 is 0.345 bits per heavy atom. The molecular formula is C55H36N2O. The molecule has 58 heavy (non-hydrogen) atoms. The number of benzene rings is 10. The van der Waals surface area contributed by atoms with E-state index in [4.69, 9.17) is 9.40 Å². The number of nitrogens with zero attached hydrogens (tertiary/aromatic N) is 2. The lowest BCUT2D eigenvalue weighted by Gasteiger charge is -2.28. The largest absolute Gasteiger partial charge is 0.436 e. The lowest BCUT2D eigenvalue weighted by molar-refractivity contribution is 0.620. The van der Waals surface area contributed by atoms with Crippen molar-refractivity contribution >= 4 is 60.5 Å². The molecule has 11 rings (SSSR count). The van der Waals surface area contributed by atoms with Crippen molar-refractivity contribution in [1.29, 1.82) is 0 Å². The number of hydrogen-bond acceptors (Lipinski definition) is 3. The van der Waals surface area contributed by atoms with Crippen LogP contribution in [0.5, 0.6) is 0 Å². The van der Waals surface area contributed by atoms with Gasteiger partial charge < -0.3 is 9.32 Å². The van der Waals surface area contributed by atoms with Crippen molar-refractivity contribution in [2.75, 3.05) is 4.90 Å². The molecule has 0 unspecified atom stereocenters. The summed E-state index contributed by atoms with van der Waals surface area (Å²) in [6.45, 7) is 0. The number of anilines is 3. The highest BCUT2D eigenvalue weighted by atomic mass is 16.3. The molecular weight excluding hydrogens is 705 g/mol. The molecule has 0 spiro atoms. The summed E-state index contributed by atoms with van der Waals surface area (Å²) in [6.07, 6.45) is 0. The van der Waals surface area contributed by atoms with Crippen molar-refractivity contribution in [2.45, 2.75) is 0 Å². The van der Waals surface area contributed by atoms with Gasteiger partial charge in [0.15, 0.2) is 5.58 Å². The lowest BCUT2D eigenvalue weighted by atomic mass is 9.90. The summed E-state index contributed by atoms with van der Waals surface area (Å²) < 4.78 is 6.46. The van der Waals surface area contributed by atoms with Crippen LogP contribution in [0.15, 0.2) is 223 Å². The number of hydrogen-bond donors (Lipinski definition) is 0. The van der Waals surface area contributed by atoms with Crippen LogP contribution in [-0.4, -0.2) is 4.98 Å². The van der Waals surface area contributed by atoms with Gasteiger partial charge in [0.05, 0.1) is 5.69 Å². The summed E-state index contributed by atoms with van der Waals surface area (Å²) in [5.41, 5.74) is 12.8. The van der Waals surface area contributed by atoms with Crippen molar-refractivity contribution in [3.05, 3.63) is 218 Å². The van der Waals surface area contributed by atoms with Gasteiger partial charge in [-0.2, -0.15) is 0 Å². The zero-order valence-corrected chi connectivity index (χ0v) is 31.6. The molecule has 0 saturated carbocycles. The Bertz CT molecular complexity index is 3270. The Labute approximate surface area is 336 Å². The fourth-order valence-electron chi connectivity index (χ4n) is 8.46. The molecule has 0 aliphatic carbocycles. The molecule has 10 aromatic carbocycles. The van der Waals surface area contributed by atoms with E-state index in [-0.39, 0.29) is 0 Å². The number of aromatic nitrogens is 1. The minimum Gasteiger partial charge on any atom is -0.436 e. The van der Waals surface area contributed by atoms with Crippen LogP contribution in [0.3, 0.4) is 0 Å². The van der Waals surface area contributed by atoms with Gasteiger partial charge in [-0.25, -0.2) is 4.98 Å². The van der Waals surface area contributed by atoms with Gasteiger partial charge in [-0.05, 0) is 110 Å². The van der Waals surface area contributed by atoms with Gasteiger partial charge in [-0.1, -0.05) is 164 Å². The van der Waals surface area contributed by atoms with Crippen LogP contribution in [0.1, 0.15) is 0 Å². The van der Waals surface area contributed by atoms with Crippen molar-refractivity contribution < 1.29 is 4.42 Å². The quantitative estimate of drug-likeness (QED) is 0.163. The molecule has 1 heterocycles. The molecule has 272 valence electrons. The van der Waals surface area contributed by atoms with Crippen LogP contribution in [-0.2, 0) is 0 Å². The minimum atomic E-state index is 0.614. The summed E-state index contributed by atoms with van der Waals surface area (Å²) in [5, 5.41) is 6.92. The molecule has 0 radical (unpaired) electrons. The predicted octanol–water partition coefficient (Wildman–Crippen LogP) is 15.4. The number of rotatable bonds is 7. The van der Waals surface area contributed by atoms with E-state index in [0.29, 0.717) is 5.89 Å². The Morgan fingerprint density at radius 2 is 0.983 bits per heavy atom. The van der Waals surface area contributed by atoms with Crippen molar-refractivity contribution in [2.24, 2.45) is 0 Å². The maximum absolute atomic E-state index is 6.46. The SMILES string of the molecule is c1ccc(-c2ccc(N(c3ccc(-c4cccc5ccccc45)c(-c4ccccc4)c3)c3cccc4c3ccc3oc(-c5ccc6ccccc6c5)nc34)cc2)cc1. The zero-order chi connectivity index (χ0) is 38.4. The fraction of sp³-hybridized carbons (Fsp3) is 0. The maximum Gasteiger partial charge on any atom is 0.227 e. The molecule has 0 bridgehead atoms.